The molecule has 8 nitrogen and oxygen atoms in total. The quantitative estimate of drug-likeness (QED) is 0.571. The van der Waals surface area contributed by atoms with Crippen molar-refractivity contribution in [1.82, 2.24) is 24.4 Å². The highest BCUT2D eigenvalue weighted by molar-refractivity contribution is 6.29. The molecule has 0 spiro atoms. The first-order chi connectivity index (χ1) is 13.8. The lowest BCUT2D eigenvalue weighted by Crippen LogP contribution is -2.25. The lowest BCUT2D eigenvalue weighted by Gasteiger charge is -2.20. The van der Waals surface area contributed by atoms with Crippen molar-refractivity contribution >= 4 is 34.8 Å². The van der Waals surface area contributed by atoms with E-state index in [1.54, 1.807) is 0 Å². The molecule has 0 aliphatic carbocycles. The third-order valence-electron chi connectivity index (χ3n) is 4.08. The summed E-state index contributed by atoms with van der Waals surface area (Å²) in [7, 11) is 1.15. The minimum atomic E-state index is -4.74. The van der Waals surface area contributed by atoms with Crippen LogP contribution in [0.5, 0.6) is 0 Å². The summed E-state index contributed by atoms with van der Waals surface area (Å²) in [5.41, 5.74) is -2.24. The van der Waals surface area contributed by atoms with Gasteiger partial charge in [0, 0.05) is 18.7 Å². The molecular weight excluding hydrogens is 444 g/mol. The van der Waals surface area contributed by atoms with Crippen molar-refractivity contribution in [2.24, 2.45) is 7.05 Å². The molecule has 1 atom stereocenters. The van der Waals surface area contributed by atoms with Gasteiger partial charge in [-0.1, -0.05) is 11.6 Å². The molecule has 162 valence electrons. The smallest absolute Gasteiger partial charge is 0.306 e. The summed E-state index contributed by atoms with van der Waals surface area (Å²) in [6.45, 7) is 0.859. The number of halogens is 7. The van der Waals surface area contributed by atoms with Crippen LogP contribution < -0.4 is 10.6 Å². The van der Waals surface area contributed by atoms with Crippen molar-refractivity contribution in [3.63, 3.8) is 0 Å². The first-order valence-electron chi connectivity index (χ1n) is 8.07. The fraction of sp³-hybridized carbons (Fsp3) is 0.333. The number of nitrogens with zero attached hydrogens (tertiary/aromatic N) is 5. The third-order valence-corrected chi connectivity index (χ3v) is 4.27. The van der Waals surface area contributed by atoms with E-state index < -0.39 is 35.6 Å². The Labute approximate surface area is 168 Å². The maximum absolute atomic E-state index is 13.4. The topological polar surface area (TPSA) is 89.1 Å². The van der Waals surface area contributed by atoms with Crippen molar-refractivity contribution < 1.29 is 31.1 Å². The molecule has 0 aromatic carbocycles. The van der Waals surface area contributed by atoms with Gasteiger partial charge in [-0.05, 0) is 6.92 Å². The molecule has 15 heteroatoms. The van der Waals surface area contributed by atoms with Gasteiger partial charge in [0.1, 0.15) is 11.0 Å². The van der Waals surface area contributed by atoms with Crippen LogP contribution >= 0.6 is 11.6 Å². The van der Waals surface area contributed by atoms with Gasteiger partial charge in [0.15, 0.2) is 11.3 Å². The lowest BCUT2D eigenvalue weighted by atomic mass is 10.0. The van der Waals surface area contributed by atoms with E-state index in [1.807, 2.05) is 0 Å². The van der Waals surface area contributed by atoms with E-state index in [9.17, 15) is 31.1 Å². The molecule has 3 rings (SSSR count). The monoisotopic (exact) mass is 455 g/mol. The second kappa shape index (κ2) is 7.34. The van der Waals surface area contributed by atoms with E-state index in [2.05, 4.69) is 25.8 Å². The molecule has 30 heavy (non-hydrogen) atoms. The predicted octanol–water partition coefficient (Wildman–Crippen LogP) is 4.44. The molecule has 0 aliphatic rings. The number of rotatable bonds is 3. The van der Waals surface area contributed by atoms with Crippen LogP contribution in [-0.4, -0.2) is 36.6 Å². The summed E-state index contributed by atoms with van der Waals surface area (Å²) in [4.78, 5) is 16.1. The Hall–Kier alpha value is -3.03. The van der Waals surface area contributed by atoms with Crippen LogP contribution in [0.4, 0.5) is 42.6 Å². The minimum absolute atomic E-state index is 0.116. The molecule has 0 aliphatic heterocycles. The van der Waals surface area contributed by atoms with E-state index in [1.165, 1.54) is 6.20 Å². The van der Waals surface area contributed by atoms with Crippen molar-refractivity contribution in [1.29, 1.82) is 0 Å². The zero-order chi connectivity index (χ0) is 22.4. The second-order valence-corrected chi connectivity index (χ2v) is 6.57. The van der Waals surface area contributed by atoms with E-state index in [4.69, 9.17) is 11.6 Å². The number of anilines is 2. The van der Waals surface area contributed by atoms with Crippen LogP contribution in [-0.2, 0) is 13.2 Å². The maximum Gasteiger partial charge on any atom is 0.435 e. The fourth-order valence-electron chi connectivity index (χ4n) is 2.61. The molecule has 2 amide bonds. The van der Waals surface area contributed by atoms with E-state index in [0.717, 1.165) is 29.4 Å². The van der Waals surface area contributed by atoms with E-state index in [0.29, 0.717) is 6.07 Å². The van der Waals surface area contributed by atoms with E-state index >= 15 is 0 Å². The molecular formula is C15H12ClF6N7O. The van der Waals surface area contributed by atoms with Gasteiger partial charge in [0.05, 0.1) is 24.0 Å². The van der Waals surface area contributed by atoms with Gasteiger partial charge >= 0.3 is 18.4 Å². The number of alkyl halides is 6. The molecule has 0 saturated carbocycles. The first-order valence-corrected chi connectivity index (χ1v) is 8.45. The number of imidazole rings is 1. The van der Waals surface area contributed by atoms with Gasteiger partial charge in [0.2, 0.25) is 0 Å². The van der Waals surface area contributed by atoms with Crippen LogP contribution in [0.3, 0.4) is 0 Å². The van der Waals surface area contributed by atoms with Crippen molar-refractivity contribution in [2.45, 2.75) is 25.2 Å². The van der Waals surface area contributed by atoms with Gasteiger partial charge in [0.25, 0.3) is 0 Å². The molecule has 2 N–H and O–H groups in total. The second-order valence-electron chi connectivity index (χ2n) is 6.18. The van der Waals surface area contributed by atoms with Crippen LogP contribution in [0.2, 0.25) is 5.15 Å². The Balaban J connectivity index is 1.94. The number of hydrogen-bond acceptors (Lipinski definition) is 4. The molecule has 0 saturated heterocycles. The van der Waals surface area contributed by atoms with Crippen LogP contribution in [0.1, 0.15) is 24.1 Å². The fourth-order valence-corrected chi connectivity index (χ4v) is 2.78. The Bertz CT molecular complexity index is 1100. The molecule has 0 radical (unpaired) electrons. The number of urea groups is 1. The third kappa shape index (κ3) is 4.27. The number of amides is 2. The summed E-state index contributed by atoms with van der Waals surface area (Å²) >= 11 is 5.74. The molecule has 1 unspecified atom stereocenters. The Morgan fingerprint density at radius 1 is 1.20 bits per heavy atom. The van der Waals surface area contributed by atoms with Crippen LogP contribution in [0.25, 0.3) is 5.65 Å². The molecule has 3 heterocycles. The highest BCUT2D eigenvalue weighted by Gasteiger charge is 2.40. The zero-order valence-corrected chi connectivity index (χ0v) is 15.9. The van der Waals surface area contributed by atoms with E-state index in [-0.39, 0.29) is 22.3 Å². The summed E-state index contributed by atoms with van der Waals surface area (Å²) in [5, 5.41) is 11.2. The summed E-state index contributed by atoms with van der Waals surface area (Å²) in [5.74, 6) is -2.39. The van der Waals surface area contributed by atoms with Gasteiger partial charge in [-0.25, -0.2) is 14.3 Å². The SMILES string of the molecule is CC(c1c(NC(=O)Nc2cc(C(F)(F)F)nn2C)cnn2cc(Cl)nc12)C(F)(F)F. The summed E-state index contributed by atoms with van der Waals surface area (Å²) in [6.07, 6.45) is -7.29. The van der Waals surface area contributed by atoms with Gasteiger partial charge in [-0.15, -0.1) is 0 Å². The standard InChI is InChI=1S/C15H12ClF6N7O/c1-6(14(17,18)19)11-7(4-23-29-5-9(16)25-12(11)29)24-13(30)26-10-3-8(15(20,21)22)27-28(10)2/h3-6H,1-2H3,(H2,24,26,30). The summed E-state index contributed by atoms with van der Waals surface area (Å²) < 4.78 is 80.1. The average Bonchev–Trinajstić information content (AvgIpc) is 3.15. The van der Waals surface area contributed by atoms with Crippen molar-refractivity contribution in [2.75, 3.05) is 10.6 Å². The van der Waals surface area contributed by atoms with Crippen LogP contribution in [0, 0.1) is 0 Å². The predicted molar refractivity (Wildman–Crippen MR) is 93.3 cm³/mol. The summed E-state index contributed by atoms with van der Waals surface area (Å²) in [6, 6.07) is -0.527. The average molecular weight is 456 g/mol. The molecule has 0 bridgehead atoms. The molecule has 3 aromatic rings. The number of carbonyl (C=O) groups is 1. The number of hydrogen-bond donors (Lipinski definition) is 2. The molecule has 0 fully saturated rings. The van der Waals surface area contributed by atoms with Gasteiger partial charge in [-0.3, -0.25) is 10.00 Å². The highest BCUT2D eigenvalue weighted by Crippen LogP contribution is 2.39. The van der Waals surface area contributed by atoms with Crippen LogP contribution in [0.15, 0.2) is 18.5 Å². The zero-order valence-electron chi connectivity index (χ0n) is 15.1. The maximum atomic E-state index is 13.4. The first kappa shape index (κ1) is 21.7. The number of fused-ring (bicyclic) bond motifs is 1. The van der Waals surface area contributed by atoms with Gasteiger partial charge in [-0.2, -0.15) is 36.5 Å². The number of nitrogens with one attached hydrogen (secondary N) is 2. The molecule has 3 aromatic heterocycles. The largest absolute Gasteiger partial charge is 0.435 e. The minimum Gasteiger partial charge on any atom is -0.306 e. The number of aryl methyl sites for hydroxylation is 1. The highest BCUT2D eigenvalue weighted by atomic mass is 35.5. The number of carbonyl (C=O) groups excluding carboxylic acids is 1. The van der Waals surface area contributed by atoms with Crippen molar-refractivity contribution in [3.05, 3.63) is 34.9 Å². The Morgan fingerprint density at radius 2 is 1.87 bits per heavy atom. The lowest BCUT2D eigenvalue weighted by molar-refractivity contribution is -0.146. The van der Waals surface area contributed by atoms with Gasteiger partial charge < -0.3 is 5.32 Å². The Kier molecular flexibility index (Phi) is 5.30. The number of aromatic nitrogens is 5. The normalized spacial score (nSPS) is 13.5. The van der Waals surface area contributed by atoms with Crippen molar-refractivity contribution in [3.8, 4) is 0 Å². The Morgan fingerprint density at radius 3 is 2.43 bits per heavy atom.